The number of halogens is 1. The average Bonchev–Trinajstić information content (AvgIpc) is 2.74. The topological polar surface area (TPSA) is 20.3 Å². The monoisotopic (exact) mass is 329 g/mol. The number of alkyl halides is 1. The molecule has 1 saturated heterocycles. The van der Waals surface area contributed by atoms with Gasteiger partial charge in [-0.15, -0.1) is 0 Å². The smallest absolute Gasteiger partial charge is 0.223 e. The largest absolute Gasteiger partial charge is 0.340 e. The summed E-state index contributed by atoms with van der Waals surface area (Å²) >= 11 is 3.50. The molecule has 1 aliphatic heterocycles. The van der Waals surface area contributed by atoms with Crippen LogP contribution < -0.4 is 0 Å². The van der Waals surface area contributed by atoms with Crippen LogP contribution in [0.1, 0.15) is 70.6 Å². The molecule has 1 saturated carbocycles. The Morgan fingerprint density at radius 1 is 1.05 bits per heavy atom. The first-order valence-electron chi connectivity index (χ1n) is 8.16. The average molecular weight is 330 g/mol. The summed E-state index contributed by atoms with van der Waals surface area (Å²) < 4.78 is 0. The van der Waals surface area contributed by atoms with Gasteiger partial charge in [-0.05, 0) is 44.4 Å². The van der Waals surface area contributed by atoms with E-state index in [9.17, 15) is 4.79 Å². The SMILES string of the molecule is O=C(CC1CCCCCC1)N1CCCC1CCCBr. The van der Waals surface area contributed by atoms with Crippen LogP contribution in [-0.4, -0.2) is 28.7 Å². The summed E-state index contributed by atoms with van der Waals surface area (Å²) in [6.45, 7) is 1.01. The minimum Gasteiger partial charge on any atom is -0.340 e. The van der Waals surface area contributed by atoms with Gasteiger partial charge in [0.2, 0.25) is 5.91 Å². The fourth-order valence-electron chi connectivity index (χ4n) is 3.71. The van der Waals surface area contributed by atoms with Gasteiger partial charge < -0.3 is 4.90 Å². The number of likely N-dealkylation sites (tertiary alicyclic amines) is 1. The molecule has 0 radical (unpaired) electrons. The van der Waals surface area contributed by atoms with E-state index >= 15 is 0 Å². The van der Waals surface area contributed by atoms with Gasteiger partial charge in [0.25, 0.3) is 0 Å². The van der Waals surface area contributed by atoms with Gasteiger partial charge in [-0.25, -0.2) is 0 Å². The minimum atomic E-state index is 0.448. The molecule has 2 rings (SSSR count). The van der Waals surface area contributed by atoms with Crippen molar-refractivity contribution in [1.29, 1.82) is 0 Å². The van der Waals surface area contributed by atoms with Gasteiger partial charge in [0.05, 0.1) is 0 Å². The maximum Gasteiger partial charge on any atom is 0.223 e. The lowest BCUT2D eigenvalue weighted by molar-refractivity contribution is -0.133. The third-order valence-electron chi connectivity index (χ3n) is 4.81. The van der Waals surface area contributed by atoms with E-state index in [1.54, 1.807) is 0 Å². The Kier molecular flexibility index (Phi) is 6.69. The molecule has 3 heteroatoms. The molecule has 110 valence electrons. The zero-order valence-electron chi connectivity index (χ0n) is 12.1. The highest BCUT2D eigenvalue weighted by molar-refractivity contribution is 9.09. The second kappa shape index (κ2) is 8.28. The number of carbonyl (C=O) groups is 1. The normalized spacial score (nSPS) is 25.5. The molecule has 1 aliphatic carbocycles. The molecule has 0 N–H and O–H groups in total. The van der Waals surface area contributed by atoms with Crippen molar-refractivity contribution in [1.82, 2.24) is 4.90 Å². The molecule has 0 bridgehead atoms. The van der Waals surface area contributed by atoms with Gasteiger partial charge in [0.15, 0.2) is 0 Å². The van der Waals surface area contributed by atoms with Gasteiger partial charge in [0, 0.05) is 24.3 Å². The summed E-state index contributed by atoms with van der Waals surface area (Å²) in [5, 5.41) is 1.06. The third-order valence-corrected chi connectivity index (χ3v) is 5.37. The first-order valence-corrected chi connectivity index (χ1v) is 9.29. The van der Waals surface area contributed by atoms with Gasteiger partial charge in [-0.1, -0.05) is 41.6 Å². The van der Waals surface area contributed by atoms with Crippen LogP contribution in [0.2, 0.25) is 0 Å². The molecule has 2 aliphatic rings. The molecular weight excluding hydrogens is 302 g/mol. The second-order valence-corrected chi connectivity index (χ2v) is 7.07. The number of carbonyl (C=O) groups excluding carboxylic acids is 1. The number of amides is 1. The van der Waals surface area contributed by atoms with Crippen molar-refractivity contribution in [3.05, 3.63) is 0 Å². The quantitative estimate of drug-likeness (QED) is 0.536. The summed E-state index contributed by atoms with van der Waals surface area (Å²) in [6, 6.07) is 0.538. The first kappa shape index (κ1) is 15.3. The van der Waals surface area contributed by atoms with Crippen LogP contribution in [0.4, 0.5) is 0 Å². The highest BCUT2D eigenvalue weighted by Crippen LogP contribution is 2.28. The van der Waals surface area contributed by atoms with Crippen molar-refractivity contribution in [2.24, 2.45) is 5.92 Å². The summed E-state index contributed by atoms with van der Waals surface area (Å²) in [5.41, 5.74) is 0. The van der Waals surface area contributed by atoms with E-state index in [0.29, 0.717) is 17.9 Å². The van der Waals surface area contributed by atoms with E-state index in [1.165, 1.54) is 64.2 Å². The molecule has 2 nitrogen and oxygen atoms in total. The summed E-state index contributed by atoms with van der Waals surface area (Å²) in [5.74, 6) is 1.12. The molecule has 2 fully saturated rings. The Morgan fingerprint density at radius 2 is 1.79 bits per heavy atom. The maximum atomic E-state index is 12.5. The van der Waals surface area contributed by atoms with E-state index in [1.807, 2.05) is 0 Å². The highest BCUT2D eigenvalue weighted by Gasteiger charge is 2.29. The molecule has 1 amide bonds. The van der Waals surface area contributed by atoms with Crippen LogP contribution in [0, 0.1) is 5.92 Å². The maximum absolute atomic E-state index is 12.5. The fourth-order valence-corrected chi connectivity index (χ4v) is 4.03. The van der Waals surface area contributed by atoms with Crippen molar-refractivity contribution in [3.8, 4) is 0 Å². The Labute approximate surface area is 126 Å². The molecule has 0 aromatic carbocycles. The van der Waals surface area contributed by atoms with E-state index < -0.39 is 0 Å². The predicted octanol–water partition coefficient (Wildman–Crippen LogP) is 4.51. The lowest BCUT2D eigenvalue weighted by Gasteiger charge is -2.26. The van der Waals surface area contributed by atoms with Crippen molar-refractivity contribution in [2.45, 2.75) is 76.7 Å². The highest BCUT2D eigenvalue weighted by atomic mass is 79.9. The minimum absolute atomic E-state index is 0.448. The molecule has 0 aromatic rings. The van der Waals surface area contributed by atoms with Gasteiger partial charge in [0.1, 0.15) is 0 Å². The lowest BCUT2D eigenvalue weighted by Crippen LogP contribution is -2.36. The van der Waals surface area contributed by atoms with Crippen LogP contribution >= 0.6 is 15.9 Å². The van der Waals surface area contributed by atoms with Gasteiger partial charge in [-0.2, -0.15) is 0 Å². The van der Waals surface area contributed by atoms with Crippen LogP contribution in [0.25, 0.3) is 0 Å². The number of hydrogen-bond donors (Lipinski definition) is 0. The van der Waals surface area contributed by atoms with Crippen LogP contribution in [0.3, 0.4) is 0 Å². The van der Waals surface area contributed by atoms with Crippen molar-refractivity contribution < 1.29 is 4.79 Å². The van der Waals surface area contributed by atoms with E-state index in [2.05, 4.69) is 20.8 Å². The summed E-state index contributed by atoms with van der Waals surface area (Å²) in [4.78, 5) is 14.7. The second-order valence-electron chi connectivity index (χ2n) is 6.28. The molecule has 0 spiro atoms. The van der Waals surface area contributed by atoms with Crippen molar-refractivity contribution in [2.75, 3.05) is 11.9 Å². The molecule has 1 atom stereocenters. The van der Waals surface area contributed by atoms with Crippen LogP contribution in [0.15, 0.2) is 0 Å². The van der Waals surface area contributed by atoms with E-state index in [4.69, 9.17) is 0 Å². The zero-order valence-corrected chi connectivity index (χ0v) is 13.7. The summed E-state index contributed by atoms with van der Waals surface area (Å²) in [7, 11) is 0. The number of rotatable bonds is 5. The number of hydrogen-bond acceptors (Lipinski definition) is 1. The zero-order chi connectivity index (χ0) is 13.5. The Balaban J connectivity index is 1.80. The lowest BCUT2D eigenvalue weighted by atomic mass is 9.95. The molecule has 1 heterocycles. The third kappa shape index (κ3) is 4.77. The van der Waals surface area contributed by atoms with Crippen LogP contribution in [0.5, 0.6) is 0 Å². The number of nitrogens with zero attached hydrogens (tertiary/aromatic N) is 1. The van der Waals surface area contributed by atoms with Crippen molar-refractivity contribution in [3.63, 3.8) is 0 Å². The molecule has 0 aromatic heterocycles. The van der Waals surface area contributed by atoms with E-state index in [-0.39, 0.29) is 0 Å². The fraction of sp³-hybridized carbons (Fsp3) is 0.938. The van der Waals surface area contributed by atoms with Gasteiger partial charge >= 0.3 is 0 Å². The Bertz CT molecular complexity index is 274. The Morgan fingerprint density at radius 3 is 2.47 bits per heavy atom. The van der Waals surface area contributed by atoms with Crippen molar-refractivity contribution >= 4 is 21.8 Å². The molecule has 19 heavy (non-hydrogen) atoms. The molecule has 1 unspecified atom stereocenters. The predicted molar refractivity (Wildman–Crippen MR) is 83.6 cm³/mol. The first-order chi connectivity index (χ1) is 9.31. The standard InChI is InChI=1S/C16H28BrNO/c17-11-5-9-15-10-6-12-18(15)16(19)13-14-7-3-1-2-4-8-14/h14-15H,1-13H2. The summed E-state index contributed by atoms with van der Waals surface area (Å²) in [6.07, 6.45) is 13.6. The molecular formula is C16H28BrNO. The van der Waals surface area contributed by atoms with Crippen LogP contribution in [-0.2, 0) is 4.79 Å². The van der Waals surface area contributed by atoms with E-state index in [0.717, 1.165) is 18.3 Å². The van der Waals surface area contributed by atoms with Gasteiger partial charge in [-0.3, -0.25) is 4.79 Å². The Hall–Kier alpha value is -0.0500.